The molecule has 1 atom stereocenters. The van der Waals surface area contributed by atoms with Gasteiger partial charge in [0, 0.05) is 6.92 Å². The van der Waals surface area contributed by atoms with Crippen molar-refractivity contribution in [2.45, 2.75) is 38.8 Å². The minimum absolute atomic E-state index is 0.0548. The molecule has 2 aromatic rings. The van der Waals surface area contributed by atoms with Crippen molar-refractivity contribution in [3.63, 3.8) is 0 Å². The van der Waals surface area contributed by atoms with E-state index in [1.165, 1.54) is 12.1 Å². The second-order valence-corrected chi connectivity index (χ2v) is 6.69. The van der Waals surface area contributed by atoms with Gasteiger partial charge in [0.25, 0.3) is 0 Å². The number of carbonyl (C=O) groups excluding carboxylic acids is 1. The number of aromatic nitrogens is 1. The molecule has 1 amide bonds. The maximum atomic E-state index is 13.5. The summed E-state index contributed by atoms with van der Waals surface area (Å²) in [5.74, 6) is 0.718. The van der Waals surface area contributed by atoms with Crippen molar-refractivity contribution >= 4 is 5.91 Å². The first-order valence-corrected chi connectivity index (χ1v) is 7.94. The van der Waals surface area contributed by atoms with Crippen molar-refractivity contribution in [3.05, 3.63) is 53.5 Å². The van der Waals surface area contributed by atoms with Gasteiger partial charge in [-0.3, -0.25) is 4.79 Å². The van der Waals surface area contributed by atoms with E-state index in [2.05, 4.69) is 4.98 Å². The molecule has 1 aromatic heterocycles. The standard InChI is InChI=1S/C18H21FN2O3/c1-12-20-9-15(24-12)8-17(22)21-10-16(23-11-18(21,2)3)13-5-4-6-14(19)7-13/h4-7,9,16H,8,10-11H2,1-3H3. The van der Waals surface area contributed by atoms with E-state index in [0.29, 0.717) is 24.8 Å². The first-order valence-electron chi connectivity index (χ1n) is 7.94. The van der Waals surface area contributed by atoms with Gasteiger partial charge < -0.3 is 14.1 Å². The van der Waals surface area contributed by atoms with Crippen molar-refractivity contribution in [2.24, 2.45) is 0 Å². The Morgan fingerprint density at radius 3 is 2.92 bits per heavy atom. The predicted molar refractivity (Wildman–Crippen MR) is 85.8 cm³/mol. The molecule has 1 fully saturated rings. The highest BCUT2D eigenvalue weighted by molar-refractivity contribution is 5.79. The van der Waals surface area contributed by atoms with Crippen LogP contribution in [0, 0.1) is 12.7 Å². The van der Waals surface area contributed by atoms with E-state index < -0.39 is 5.54 Å². The zero-order valence-corrected chi connectivity index (χ0v) is 14.1. The molecular formula is C18H21FN2O3. The van der Waals surface area contributed by atoms with Crippen LogP contribution in [0.25, 0.3) is 0 Å². The average molecular weight is 332 g/mol. The second-order valence-electron chi connectivity index (χ2n) is 6.69. The van der Waals surface area contributed by atoms with Crippen molar-refractivity contribution in [2.75, 3.05) is 13.2 Å². The molecule has 1 saturated heterocycles. The van der Waals surface area contributed by atoms with Crippen molar-refractivity contribution in [3.8, 4) is 0 Å². The molecule has 3 rings (SSSR count). The summed E-state index contributed by atoms with van der Waals surface area (Å²) in [6.07, 6.45) is 1.39. The van der Waals surface area contributed by atoms with Gasteiger partial charge in [-0.05, 0) is 31.5 Å². The number of benzene rings is 1. The topological polar surface area (TPSA) is 55.6 Å². The summed E-state index contributed by atoms with van der Waals surface area (Å²) < 4.78 is 24.7. The van der Waals surface area contributed by atoms with Crippen LogP contribution in [0.3, 0.4) is 0 Å². The molecule has 0 aliphatic carbocycles. The van der Waals surface area contributed by atoms with Crippen molar-refractivity contribution in [1.29, 1.82) is 0 Å². The van der Waals surface area contributed by atoms with Crippen LogP contribution >= 0.6 is 0 Å². The molecule has 0 saturated carbocycles. The lowest BCUT2D eigenvalue weighted by Crippen LogP contribution is -2.56. The Morgan fingerprint density at radius 1 is 1.46 bits per heavy atom. The van der Waals surface area contributed by atoms with Crippen LogP contribution in [0.1, 0.15) is 37.2 Å². The predicted octanol–water partition coefficient (Wildman–Crippen LogP) is 3.04. The summed E-state index contributed by atoms with van der Waals surface area (Å²) in [4.78, 5) is 18.5. The maximum Gasteiger partial charge on any atom is 0.230 e. The summed E-state index contributed by atoms with van der Waals surface area (Å²) in [5, 5.41) is 0. The van der Waals surface area contributed by atoms with Gasteiger partial charge in [-0.1, -0.05) is 12.1 Å². The molecule has 0 spiro atoms. The molecule has 24 heavy (non-hydrogen) atoms. The Hall–Kier alpha value is -2.21. The minimum Gasteiger partial charge on any atom is -0.446 e. The first kappa shape index (κ1) is 16.6. The molecule has 0 radical (unpaired) electrons. The molecule has 6 heteroatoms. The smallest absolute Gasteiger partial charge is 0.230 e. The number of nitrogens with zero attached hydrogens (tertiary/aromatic N) is 2. The lowest BCUT2D eigenvalue weighted by Gasteiger charge is -2.45. The van der Waals surface area contributed by atoms with Gasteiger partial charge >= 0.3 is 0 Å². The van der Waals surface area contributed by atoms with Gasteiger partial charge in [-0.15, -0.1) is 0 Å². The zero-order chi connectivity index (χ0) is 17.3. The summed E-state index contributed by atoms with van der Waals surface area (Å²) in [6, 6.07) is 6.31. The molecule has 5 nitrogen and oxygen atoms in total. The van der Waals surface area contributed by atoms with Crippen LogP contribution in [0.5, 0.6) is 0 Å². The summed E-state index contributed by atoms with van der Waals surface area (Å²) in [6.45, 7) is 6.42. The van der Waals surface area contributed by atoms with Crippen LogP contribution in [-0.4, -0.2) is 34.5 Å². The van der Waals surface area contributed by atoms with Crippen LogP contribution in [-0.2, 0) is 16.0 Å². The molecule has 1 aliphatic rings. The highest BCUT2D eigenvalue weighted by atomic mass is 19.1. The monoisotopic (exact) mass is 332 g/mol. The largest absolute Gasteiger partial charge is 0.446 e. The third-order valence-corrected chi connectivity index (χ3v) is 4.23. The van der Waals surface area contributed by atoms with Crippen molar-refractivity contribution in [1.82, 2.24) is 9.88 Å². The third-order valence-electron chi connectivity index (χ3n) is 4.23. The molecule has 128 valence electrons. The number of ether oxygens (including phenoxy) is 1. The van der Waals surface area contributed by atoms with Crippen LogP contribution in [0.4, 0.5) is 4.39 Å². The maximum absolute atomic E-state index is 13.5. The summed E-state index contributed by atoms with van der Waals surface area (Å²) in [5.41, 5.74) is 0.300. The van der Waals surface area contributed by atoms with E-state index in [9.17, 15) is 9.18 Å². The fourth-order valence-corrected chi connectivity index (χ4v) is 2.93. The van der Waals surface area contributed by atoms with E-state index in [4.69, 9.17) is 9.15 Å². The van der Waals surface area contributed by atoms with Gasteiger partial charge in [-0.2, -0.15) is 0 Å². The molecule has 0 bridgehead atoms. The lowest BCUT2D eigenvalue weighted by atomic mass is 9.97. The number of carbonyl (C=O) groups is 1. The normalized spacial score (nSPS) is 20.2. The lowest BCUT2D eigenvalue weighted by molar-refractivity contribution is -0.154. The van der Waals surface area contributed by atoms with Gasteiger partial charge in [0.15, 0.2) is 5.89 Å². The quantitative estimate of drug-likeness (QED) is 0.867. The molecule has 1 unspecified atom stereocenters. The molecule has 0 N–H and O–H groups in total. The van der Waals surface area contributed by atoms with Crippen LogP contribution in [0.15, 0.2) is 34.9 Å². The molecule has 1 aliphatic heterocycles. The van der Waals surface area contributed by atoms with E-state index in [1.807, 2.05) is 19.9 Å². The van der Waals surface area contributed by atoms with E-state index in [0.717, 1.165) is 5.56 Å². The first-order chi connectivity index (χ1) is 11.3. The number of aryl methyl sites for hydroxylation is 1. The minimum atomic E-state index is -0.435. The molecule has 2 heterocycles. The number of amides is 1. The third kappa shape index (κ3) is 3.48. The SMILES string of the molecule is Cc1ncc(CC(=O)N2CC(c3cccc(F)c3)OCC2(C)C)o1. The Kier molecular flexibility index (Phi) is 4.41. The number of halogens is 1. The highest BCUT2D eigenvalue weighted by Gasteiger charge is 2.38. The number of hydrogen-bond donors (Lipinski definition) is 0. The Bertz CT molecular complexity index is 741. The molecular weight excluding hydrogens is 311 g/mol. The fraction of sp³-hybridized carbons (Fsp3) is 0.444. The van der Waals surface area contributed by atoms with Gasteiger partial charge in [0.1, 0.15) is 17.7 Å². The zero-order valence-electron chi connectivity index (χ0n) is 14.1. The fourth-order valence-electron chi connectivity index (χ4n) is 2.93. The van der Waals surface area contributed by atoms with E-state index >= 15 is 0 Å². The van der Waals surface area contributed by atoms with Gasteiger partial charge in [0.2, 0.25) is 5.91 Å². The second kappa shape index (κ2) is 6.36. The average Bonchev–Trinajstić information content (AvgIpc) is 2.92. The number of hydrogen-bond acceptors (Lipinski definition) is 4. The van der Waals surface area contributed by atoms with Gasteiger partial charge in [-0.25, -0.2) is 9.37 Å². The summed E-state index contributed by atoms with van der Waals surface area (Å²) >= 11 is 0. The van der Waals surface area contributed by atoms with E-state index in [1.54, 1.807) is 24.1 Å². The van der Waals surface area contributed by atoms with Crippen molar-refractivity contribution < 1.29 is 18.3 Å². The Labute approximate surface area is 140 Å². The number of rotatable bonds is 3. The van der Waals surface area contributed by atoms with E-state index in [-0.39, 0.29) is 24.2 Å². The van der Waals surface area contributed by atoms with Gasteiger partial charge in [0.05, 0.1) is 31.3 Å². The highest BCUT2D eigenvalue weighted by Crippen LogP contribution is 2.31. The Morgan fingerprint density at radius 2 is 2.25 bits per heavy atom. The van der Waals surface area contributed by atoms with Crippen LogP contribution < -0.4 is 0 Å². The van der Waals surface area contributed by atoms with Crippen LogP contribution in [0.2, 0.25) is 0 Å². The number of morpholine rings is 1. The molecule has 1 aromatic carbocycles. The Balaban J connectivity index is 1.77. The number of oxazole rings is 1. The summed E-state index contributed by atoms with van der Waals surface area (Å²) in [7, 11) is 0.